The first-order valence-corrected chi connectivity index (χ1v) is 11.3. The molecule has 5 rings (SSSR count). The molecule has 168 valence electrons. The van der Waals surface area contributed by atoms with Crippen molar-refractivity contribution in [1.29, 1.82) is 0 Å². The molecular weight excluding hydrogens is 418 g/mol. The Kier molecular flexibility index (Phi) is 5.73. The van der Waals surface area contributed by atoms with Gasteiger partial charge in [0.05, 0.1) is 6.54 Å². The number of hydrogen-bond acceptors (Lipinski definition) is 5. The maximum absolute atomic E-state index is 12.7. The van der Waals surface area contributed by atoms with E-state index in [0.29, 0.717) is 11.3 Å². The summed E-state index contributed by atoms with van der Waals surface area (Å²) < 4.78 is 2.20. The molecule has 3 aromatic rings. The van der Waals surface area contributed by atoms with Crippen LogP contribution < -0.4 is 5.32 Å². The highest BCUT2D eigenvalue weighted by molar-refractivity contribution is 6.04. The third-order valence-corrected chi connectivity index (χ3v) is 6.22. The molecular formula is C25H25N5O3. The van der Waals surface area contributed by atoms with Crippen LogP contribution in [-0.4, -0.2) is 37.4 Å². The van der Waals surface area contributed by atoms with Crippen molar-refractivity contribution >= 4 is 23.4 Å². The molecule has 0 bridgehead atoms. The van der Waals surface area contributed by atoms with E-state index in [-0.39, 0.29) is 37.1 Å². The van der Waals surface area contributed by atoms with Gasteiger partial charge in [-0.1, -0.05) is 18.6 Å². The molecule has 1 saturated heterocycles. The monoisotopic (exact) mass is 443 g/mol. The van der Waals surface area contributed by atoms with Crippen molar-refractivity contribution < 1.29 is 14.4 Å². The Morgan fingerprint density at radius 1 is 0.848 bits per heavy atom. The number of hydrogen-bond donors (Lipinski definition) is 1. The van der Waals surface area contributed by atoms with E-state index >= 15 is 0 Å². The first kappa shape index (κ1) is 21.1. The van der Waals surface area contributed by atoms with Crippen molar-refractivity contribution in [2.24, 2.45) is 0 Å². The summed E-state index contributed by atoms with van der Waals surface area (Å²) in [6, 6.07) is 14.6. The Bertz CT molecular complexity index is 1180. The Labute approximate surface area is 191 Å². The molecule has 8 nitrogen and oxygen atoms in total. The van der Waals surface area contributed by atoms with E-state index in [4.69, 9.17) is 0 Å². The summed E-state index contributed by atoms with van der Waals surface area (Å²) in [6.07, 6.45) is 5.01. The van der Waals surface area contributed by atoms with Crippen molar-refractivity contribution in [1.82, 2.24) is 19.7 Å². The summed E-state index contributed by atoms with van der Waals surface area (Å²) >= 11 is 0. The van der Waals surface area contributed by atoms with Gasteiger partial charge in [-0.2, -0.15) is 0 Å². The number of anilines is 1. The summed E-state index contributed by atoms with van der Waals surface area (Å²) in [7, 11) is 0. The molecule has 8 heteroatoms. The lowest BCUT2D eigenvalue weighted by atomic mass is 10.1. The Hall–Kier alpha value is -3.81. The SMILES string of the molecule is O=C(Nc1ccc(-c2nnc3n2CCCCC3)cc1)c1ccc(CN2C(=O)CCC2=O)cc1. The summed E-state index contributed by atoms with van der Waals surface area (Å²) in [5.74, 6) is 1.40. The minimum atomic E-state index is -0.223. The van der Waals surface area contributed by atoms with Crippen LogP contribution in [0.5, 0.6) is 0 Å². The fourth-order valence-electron chi connectivity index (χ4n) is 4.35. The maximum atomic E-state index is 12.7. The average molecular weight is 444 g/mol. The van der Waals surface area contributed by atoms with Crippen LogP contribution in [0.2, 0.25) is 0 Å². The van der Waals surface area contributed by atoms with Crippen LogP contribution in [0, 0.1) is 0 Å². The van der Waals surface area contributed by atoms with Gasteiger partial charge < -0.3 is 9.88 Å². The number of rotatable bonds is 5. The second-order valence-electron chi connectivity index (χ2n) is 8.50. The summed E-state index contributed by atoms with van der Waals surface area (Å²) in [4.78, 5) is 37.5. The number of nitrogens with zero attached hydrogens (tertiary/aromatic N) is 4. The minimum absolute atomic E-state index is 0.146. The molecule has 0 atom stereocenters. The number of carbonyl (C=O) groups excluding carboxylic acids is 3. The number of likely N-dealkylation sites (tertiary alicyclic amines) is 1. The highest BCUT2D eigenvalue weighted by atomic mass is 16.2. The molecule has 3 amide bonds. The van der Waals surface area contributed by atoms with Crippen LogP contribution in [-0.2, 0) is 29.1 Å². The number of carbonyl (C=O) groups is 3. The van der Waals surface area contributed by atoms with E-state index < -0.39 is 0 Å². The Balaban J connectivity index is 1.24. The first-order chi connectivity index (χ1) is 16.1. The van der Waals surface area contributed by atoms with Crippen LogP contribution in [0.4, 0.5) is 5.69 Å². The third kappa shape index (κ3) is 4.41. The summed E-state index contributed by atoms with van der Waals surface area (Å²) in [5.41, 5.74) is 2.98. The minimum Gasteiger partial charge on any atom is -0.322 e. The molecule has 0 saturated carbocycles. The normalized spacial score (nSPS) is 15.9. The van der Waals surface area contributed by atoms with Crippen molar-refractivity contribution in [2.45, 2.75) is 51.6 Å². The number of nitrogens with one attached hydrogen (secondary N) is 1. The van der Waals surface area contributed by atoms with Gasteiger partial charge in [0.25, 0.3) is 5.91 Å². The summed E-state index contributed by atoms with van der Waals surface area (Å²) in [6.45, 7) is 1.18. The molecule has 33 heavy (non-hydrogen) atoms. The first-order valence-electron chi connectivity index (χ1n) is 11.3. The third-order valence-electron chi connectivity index (χ3n) is 6.22. The number of aromatic nitrogens is 3. The zero-order valence-electron chi connectivity index (χ0n) is 18.3. The molecule has 2 aliphatic heterocycles. The van der Waals surface area contributed by atoms with Gasteiger partial charge in [0.1, 0.15) is 5.82 Å². The van der Waals surface area contributed by atoms with Gasteiger partial charge in [0, 0.05) is 42.6 Å². The topological polar surface area (TPSA) is 97.2 Å². The Morgan fingerprint density at radius 3 is 2.30 bits per heavy atom. The maximum Gasteiger partial charge on any atom is 0.255 e. The second-order valence-corrected chi connectivity index (χ2v) is 8.50. The highest BCUT2D eigenvalue weighted by Gasteiger charge is 2.28. The van der Waals surface area contributed by atoms with Crippen LogP contribution in [0.25, 0.3) is 11.4 Å². The van der Waals surface area contributed by atoms with Gasteiger partial charge in [0.15, 0.2) is 5.82 Å². The molecule has 0 spiro atoms. The number of imide groups is 1. The smallest absolute Gasteiger partial charge is 0.255 e. The zero-order valence-corrected chi connectivity index (χ0v) is 18.3. The van der Waals surface area contributed by atoms with E-state index in [1.54, 1.807) is 24.3 Å². The van der Waals surface area contributed by atoms with E-state index in [2.05, 4.69) is 20.1 Å². The lowest BCUT2D eigenvalue weighted by molar-refractivity contribution is -0.139. The molecule has 0 aliphatic carbocycles. The molecule has 1 aromatic heterocycles. The average Bonchev–Trinajstić information content (AvgIpc) is 3.28. The standard InChI is InChI=1S/C25H25N5O3/c31-22-13-14-23(32)30(22)16-17-5-7-19(8-6-17)25(33)26-20-11-9-18(10-12-20)24-28-27-21-4-2-1-3-15-29(21)24/h5-12H,1-4,13-16H2,(H,26,33). The van der Waals surface area contributed by atoms with E-state index in [0.717, 1.165) is 48.6 Å². The molecule has 1 fully saturated rings. The molecule has 1 N–H and O–H groups in total. The number of benzene rings is 2. The van der Waals surface area contributed by atoms with Crippen LogP contribution >= 0.6 is 0 Å². The number of fused-ring (bicyclic) bond motifs is 1. The number of amides is 3. The zero-order chi connectivity index (χ0) is 22.8. The molecule has 3 heterocycles. The molecule has 0 unspecified atom stereocenters. The van der Waals surface area contributed by atoms with Gasteiger partial charge in [-0.3, -0.25) is 19.3 Å². The van der Waals surface area contributed by atoms with Gasteiger partial charge in [0.2, 0.25) is 11.8 Å². The van der Waals surface area contributed by atoms with Crippen LogP contribution in [0.3, 0.4) is 0 Å². The van der Waals surface area contributed by atoms with E-state index in [1.807, 2.05) is 24.3 Å². The van der Waals surface area contributed by atoms with Crippen LogP contribution in [0.15, 0.2) is 48.5 Å². The van der Waals surface area contributed by atoms with Crippen LogP contribution in [0.1, 0.15) is 53.8 Å². The van der Waals surface area contributed by atoms with Crippen molar-refractivity contribution in [3.63, 3.8) is 0 Å². The fourth-order valence-corrected chi connectivity index (χ4v) is 4.35. The van der Waals surface area contributed by atoms with Crippen molar-refractivity contribution in [2.75, 3.05) is 5.32 Å². The Morgan fingerprint density at radius 2 is 1.58 bits per heavy atom. The lowest BCUT2D eigenvalue weighted by Crippen LogP contribution is -2.28. The van der Waals surface area contributed by atoms with Gasteiger partial charge in [-0.05, 0) is 54.8 Å². The van der Waals surface area contributed by atoms with Gasteiger partial charge in [-0.25, -0.2) is 0 Å². The predicted molar refractivity (Wildman–Crippen MR) is 122 cm³/mol. The van der Waals surface area contributed by atoms with Gasteiger partial charge in [-0.15, -0.1) is 10.2 Å². The highest BCUT2D eigenvalue weighted by Crippen LogP contribution is 2.24. The number of aryl methyl sites for hydroxylation is 1. The summed E-state index contributed by atoms with van der Waals surface area (Å²) in [5, 5.41) is 11.6. The van der Waals surface area contributed by atoms with E-state index in [1.165, 1.54) is 11.3 Å². The largest absolute Gasteiger partial charge is 0.322 e. The molecule has 0 radical (unpaired) electrons. The predicted octanol–water partition coefficient (Wildman–Crippen LogP) is 3.57. The van der Waals surface area contributed by atoms with E-state index in [9.17, 15) is 14.4 Å². The quantitative estimate of drug-likeness (QED) is 0.608. The van der Waals surface area contributed by atoms with Crippen molar-refractivity contribution in [3.8, 4) is 11.4 Å². The lowest BCUT2D eigenvalue weighted by Gasteiger charge is -2.14. The molecule has 2 aromatic carbocycles. The fraction of sp³-hybridized carbons (Fsp3) is 0.320. The molecule has 2 aliphatic rings. The van der Waals surface area contributed by atoms with Crippen molar-refractivity contribution in [3.05, 3.63) is 65.5 Å². The second kappa shape index (κ2) is 8.97. The van der Waals surface area contributed by atoms with Gasteiger partial charge >= 0.3 is 0 Å².